The molecule has 2 unspecified atom stereocenters. The highest BCUT2D eigenvalue weighted by atomic mass is 16.7. The van der Waals surface area contributed by atoms with Crippen LogP contribution >= 0.6 is 0 Å². The van der Waals surface area contributed by atoms with Crippen LogP contribution in [0.25, 0.3) is 0 Å². The van der Waals surface area contributed by atoms with E-state index >= 15 is 0 Å². The van der Waals surface area contributed by atoms with E-state index in [0.29, 0.717) is 44.3 Å². The number of ether oxygens (including phenoxy) is 3. The summed E-state index contributed by atoms with van der Waals surface area (Å²) >= 11 is 0. The van der Waals surface area contributed by atoms with Gasteiger partial charge in [-0.05, 0) is 67.4 Å². The maximum absolute atomic E-state index is 13.6. The molecule has 12 nitrogen and oxygen atoms in total. The highest BCUT2D eigenvalue weighted by Gasteiger charge is 2.68. The van der Waals surface area contributed by atoms with Crippen molar-refractivity contribution in [1.29, 1.82) is 0 Å². The van der Waals surface area contributed by atoms with Gasteiger partial charge in [0.25, 0.3) is 0 Å². The van der Waals surface area contributed by atoms with Gasteiger partial charge in [-0.15, -0.1) is 0 Å². The number of aliphatic hydroxyl groups excluding tert-OH is 3. The smallest absolute Gasteiger partial charge is 0.338 e. The second-order valence-corrected chi connectivity index (χ2v) is 14.3. The molecule has 1 heterocycles. The van der Waals surface area contributed by atoms with Gasteiger partial charge in [-0.1, -0.05) is 26.0 Å². The SMILES string of the molecule is C=C1CC23CC[C@@H]4C(C)(CO[C@@H]5O[C@H](COC(=O)c6cc(O)c(O)c(O)c6)[C@@H](O)[C@H](O)[C@H]5O)C(=O)CC[C@@]4(C)[C@@H]2C[C@@H]1CC3=O. The first-order valence-electron chi connectivity index (χ1n) is 15.6. The molecule has 6 N–H and O–H groups in total. The number of aromatic hydroxyl groups is 3. The zero-order valence-corrected chi connectivity index (χ0v) is 25.5. The monoisotopic (exact) mass is 630 g/mol. The maximum Gasteiger partial charge on any atom is 0.338 e. The molecule has 1 aliphatic heterocycles. The zero-order valence-electron chi connectivity index (χ0n) is 25.5. The molecule has 1 aromatic rings. The summed E-state index contributed by atoms with van der Waals surface area (Å²) in [5.41, 5.74) is -0.797. The first-order valence-corrected chi connectivity index (χ1v) is 15.6. The van der Waals surface area contributed by atoms with Crippen molar-refractivity contribution in [2.75, 3.05) is 13.2 Å². The molecule has 12 heteroatoms. The van der Waals surface area contributed by atoms with Crippen LogP contribution in [-0.2, 0) is 23.8 Å². The normalized spacial score (nSPS) is 42.6. The number of hydrogen-bond donors (Lipinski definition) is 6. The Morgan fingerprint density at radius 1 is 1.00 bits per heavy atom. The van der Waals surface area contributed by atoms with Crippen LogP contribution in [0.3, 0.4) is 0 Å². The Hall–Kier alpha value is -3.03. The van der Waals surface area contributed by atoms with Crippen molar-refractivity contribution in [3.05, 3.63) is 29.8 Å². The van der Waals surface area contributed by atoms with Gasteiger partial charge in [-0.25, -0.2) is 4.79 Å². The molecule has 0 radical (unpaired) electrons. The summed E-state index contributed by atoms with van der Waals surface area (Å²) in [7, 11) is 0. The lowest BCUT2D eigenvalue weighted by Crippen LogP contribution is -2.65. The van der Waals surface area contributed by atoms with Crippen LogP contribution in [0.5, 0.6) is 17.2 Å². The largest absolute Gasteiger partial charge is 0.504 e. The van der Waals surface area contributed by atoms with Gasteiger partial charge in [0, 0.05) is 18.3 Å². The summed E-state index contributed by atoms with van der Waals surface area (Å²) in [5, 5.41) is 60.8. The molecule has 1 saturated heterocycles. The topological polar surface area (TPSA) is 200 Å². The first-order chi connectivity index (χ1) is 21.1. The number of benzene rings is 1. The molecule has 2 bridgehead atoms. The average molecular weight is 631 g/mol. The van der Waals surface area contributed by atoms with Crippen molar-refractivity contribution >= 4 is 17.5 Å². The Morgan fingerprint density at radius 3 is 2.38 bits per heavy atom. The van der Waals surface area contributed by atoms with Crippen molar-refractivity contribution < 1.29 is 59.2 Å². The lowest BCUT2D eigenvalue weighted by molar-refractivity contribution is -0.308. The molecule has 5 saturated carbocycles. The Bertz CT molecular complexity index is 1400. The van der Waals surface area contributed by atoms with E-state index in [2.05, 4.69) is 13.5 Å². The number of fused-ring (bicyclic) bond motifs is 3. The van der Waals surface area contributed by atoms with Crippen LogP contribution in [0.2, 0.25) is 0 Å². The molecule has 6 aliphatic rings. The Morgan fingerprint density at radius 2 is 1.69 bits per heavy atom. The van der Waals surface area contributed by atoms with E-state index in [0.717, 1.165) is 24.1 Å². The first kappa shape index (κ1) is 31.9. The van der Waals surface area contributed by atoms with Gasteiger partial charge in [-0.2, -0.15) is 0 Å². The zero-order chi connectivity index (χ0) is 32.6. The predicted molar refractivity (Wildman–Crippen MR) is 155 cm³/mol. The Kier molecular flexibility index (Phi) is 7.84. The number of carbonyl (C=O) groups excluding carboxylic acids is 3. The minimum Gasteiger partial charge on any atom is -0.504 e. The second kappa shape index (κ2) is 11.0. The molecule has 5 aliphatic carbocycles. The number of phenolic OH excluding ortho intramolecular Hbond substituents is 3. The quantitative estimate of drug-likeness (QED) is 0.152. The molecule has 246 valence electrons. The van der Waals surface area contributed by atoms with E-state index in [9.17, 15) is 45.0 Å². The van der Waals surface area contributed by atoms with Gasteiger partial charge in [0.15, 0.2) is 23.5 Å². The fraction of sp³-hybridized carbons (Fsp3) is 0.667. The fourth-order valence-corrected chi connectivity index (χ4v) is 9.42. The summed E-state index contributed by atoms with van der Waals surface area (Å²) < 4.78 is 17.0. The van der Waals surface area contributed by atoms with Crippen LogP contribution in [0.4, 0.5) is 0 Å². The summed E-state index contributed by atoms with van der Waals surface area (Å²) in [6.45, 7) is 7.63. The van der Waals surface area contributed by atoms with Crippen LogP contribution in [0.1, 0.15) is 69.2 Å². The third-order valence-corrected chi connectivity index (χ3v) is 12.0. The van der Waals surface area contributed by atoms with Gasteiger partial charge in [0.2, 0.25) is 0 Å². The van der Waals surface area contributed by atoms with Gasteiger partial charge < -0.3 is 44.8 Å². The molecule has 45 heavy (non-hydrogen) atoms. The molecule has 1 spiro atoms. The molecular weight excluding hydrogens is 588 g/mol. The predicted octanol–water partition coefficient (Wildman–Crippen LogP) is 2.11. The summed E-state index contributed by atoms with van der Waals surface area (Å²) in [6.07, 6.45) is -3.32. The number of allylic oxidation sites excluding steroid dienone is 1. The van der Waals surface area contributed by atoms with Crippen molar-refractivity contribution in [1.82, 2.24) is 0 Å². The second-order valence-electron chi connectivity index (χ2n) is 14.3. The number of phenols is 3. The lowest BCUT2D eigenvalue weighted by atomic mass is 9.36. The number of hydrogen-bond acceptors (Lipinski definition) is 12. The van der Waals surface area contributed by atoms with Crippen molar-refractivity contribution in [2.45, 2.75) is 89.5 Å². The molecular formula is C33H42O12. The standard InChI is InChI=1S/C33H42O12/c1-15-12-33-7-4-21-31(2,22(33)10-16(15)11-24(33)37)6-5-23(36)32(21,3)14-44-30-28(41)27(40)26(39)20(45-30)13-43-29(42)17-8-18(34)25(38)19(35)9-17/h8-9,16,20-22,26-28,30,34-35,38-41H,1,4-7,10-14H2,2-3H3/t16-,20-,21+,22+,26-,27+,28-,30-,31-,32?,33?/m1/s1. The number of carbonyl (C=O) groups is 3. The average Bonchev–Trinajstić information content (AvgIpc) is 3.00. The molecule has 11 atom stereocenters. The number of rotatable bonds is 6. The van der Waals surface area contributed by atoms with Crippen LogP contribution in [0.15, 0.2) is 24.3 Å². The molecule has 0 amide bonds. The molecule has 0 aromatic heterocycles. The summed E-state index contributed by atoms with van der Waals surface area (Å²) in [5.74, 6) is -2.75. The van der Waals surface area contributed by atoms with Crippen molar-refractivity contribution in [3.63, 3.8) is 0 Å². The van der Waals surface area contributed by atoms with E-state index in [1.165, 1.54) is 0 Å². The highest BCUT2D eigenvalue weighted by molar-refractivity contribution is 5.91. The van der Waals surface area contributed by atoms with E-state index in [1.54, 1.807) is 0 Å². The van der Waals surface area contributed by atoms with Gasteiger partial charge in [-0.3, -0.25) is 9.59 Å². The highest BCUT2D eigenvalue weighted by Crippen LogP contribution is 2.70. The van der Waals surface area contributed by atoms with E-state index in [-0.39, 0.29) is 41.1 Å². The number of ketones is 2. The third kappa shape index (κ3) is 4.88. The van der Waals surface area contributed by atoms with Crippen molar-refractivity contribution in [3.8, 4) is 17.2 Å². The molecule has 7 rings (SSSR count). The van der Waals surface area contributed by atoms with Gasteiger partial charge >= 0.3 is 5.97 Å². The Labute approximate surface area is 260 Å². The number of aliphatic hydroxyl groups is 3. The lowest BCUT2D eigenvalue weighted by Gasteiger charge is -2.66. The molecule has 1 aromatic carbocycles. The molecule has 6 fully saturated rings. The van der Waals surface area contributed by atoms with Crippen LogP contribution in [-0.4, -0.2) is 92.1 Å². The fourth-order valence-electron chi connectivity index (χ4n) is 9.42. The summed E-state index contributed by atoms with van der Waals surface area (Å²) in [6, 6.07) is 1.76. The van der Waals surface area contributed by atoms with E-state index in [4.69, 9.17) is 14.2 Å². The number of esters is 1. The van der Waals surface area contributed by atoms with Crippen LogP contribution in [0, 0.1) is 34.0 Å². The van der Waals surface area contributed by atoms with Gasteiger partial charge in [0.05, 0.1) is 17.6 Å². The third-order valence-electron chi connectivity index (χ3n) is 12.0. The van der Waals surface area contributed by atoms with E-state index < -0.39 is 71.4 Å². The van der Waals surface area contributed by atoms with E-state index in [1.807, 2.05) is 6.92 Å². The van der Waals surface area contributed by atoms with Crippen molar-refractivity contribution in [2.24, 2.45) is 34.0 Å². The van der Waals surface area contributed by atoms with Gasteiger partial charge in [0.1, 0.15) is 42.6 Å². The Balaban J connectivity index is 1.16. The minimum absolute atomic E-state index is 0.0226. The number of Topliss-reactive ketones (excluding diaryl/α,β-unsaturated/α-hetero) is 2. The minimum atomic E-state index is -1.72. The maximum atomic E-state index is 13.6. The van der Waals surface area contributed by atoms with Crippen LogP contribution < -0.4 is 0 Å². The summed E-state index contributed by atoms with van der Waals surface area (Å²) in [4.78, 5) is 39.5.